The quantitative estimate of drug-likeness (QED) is 0.794. The lowest BCUT2D eigenvalue weighted by Gasteiger charge is -2.19. The van der Waals surface area contributed by atoms with Crippen LogP contribution in [0, 0.1) is 11.6 Å². The second kappa shape index (κ2) is 3.76. The highest BCUT2D eigenvalue weighted by Crippen LogP contribution is 2.39. The van der Waals surface area contributed by atoms with Gasteiger partial charge in [0, 0.05) is 11.3 Å². The smallest absolute Gasteiger partial charge is 0.131 e. The third kappa shape index (κ3) is 2.16. The number of hydrogen-bond acceptors (Lipinski definition) is 2. The molecule has 1 aliphatic rings. The predicted octanol–water partition coefficient (Wildman–Crippen LogP) is 3.08. The van der Waals surface area contributed by atoms with Crippen LogP contribution in [0.4, 0.5) is 8.78 Å². The average Bonchev–Trinajstić information content (AvgIpc) is 2.46. The second-order valence-electron chi connectivity index (χ2n) is 4.35. The summed E-state index contributed by atoms with van der Waals surface area (Å²) in [5, 5.41) is 2.93. The minimum absolute atomic E-state index is 0.0654. The minimum atomic E-state index is -0.474. The Hall–Kier alpha value is -0.610. The molecular formula is C11H13F2NS. The normalized spacial score (nSPS) is 24.4. The van der Waals surface area contributed by atoms with Crippen LogP contribution in [0.5, 0.6) is 0 Å². The van der Waals surface area contributed by atoms with E-state index in [1.165, 1.54) is 30.0 Å². The van der Waals surface area contributed by atoms with Crippen LogP contribution < -0.4 is 5.32 Å². The Morgan fingerprint density at radius 2 is 1.93 bits per heavy atom. The van der Waals surface area contributed by atoms with Crippen LogP contribution in [-0.2, 0) is 0 Å². The van der Waals surface area contributed by atoms with Gasteiger partial charge >= 0.3 is 0 Å². The first-order valence-corrected chi connectivity index (χ1v) is 5.88. The molecule has 0 aliphatic carbocycles. The van der Waals surface area contributed by atoms with Crippen molar-refractivity contribution in [1.29, 1.82) is 0 Å². The van der Waals surface area contributed by atoms with Crippen LogP contribution in [0.15, 0.2) is 18.2 Å². The highest BCUT2D eigenvalue weighted by atomic mass is 32.2. The highest BCUT2D eigenvalue weighted by Gasteiger charge is 2.34. The summed E-state index contributed by atoms with van der Waals surface area (Å²) >= 11 is 1.54. The molecule has 0 saturated carbocycles. The van der Waals surface area contributed by atoms with Crippen molar-refractivity contribution < 1.29 is 8.78 Å². The Morgan fingerprint density at radius 3 is 2.40 bits per heavy atom. The van der Waals surface area contributed by atoms with Gasteiger partial charge < -0.3 is 0 Å². The summed E-state index contributed by atoms with van der Waals surface area (Å²) in [6.45, 7) is 4.05. The van der Waals surface area contributed by atoms with Crippen LogP contribution in [0.2, 0.25) is 0 Å². The molecule has 0 aromatic heterocycles. The van der Waals surface area contributed by atoms with E-state index in [2.05, 4.69) is 5.32 Å². The van der Waals surface area contributed by atoms with E-state index in [1.54, 1.807) is 0 Å². The molecule has 1 fully saturated rings. The third-order valence-corrected chi connectivity index (χ3v) is 3.97. The molecule has 2 rings (SSSR count). The van der Waals surface area contributed by atoms with Gasteiger partial charge in [-0.3, -0.25) is 5.32 Å². The fourth-order valence-corrected chi connectivity index (χ4v) is 3.11. The number of rotatable bonds is 1. The molecule has 15 heavy (non-hydrogen) atoms. The van der Waals surface area contributed by atoms with Gasteiger partial charge in [0.1, 0.15) is 11.6 Å². The van der Waals surface area contributed by atoms with Crippen molar-refractivity contribution in [2.75, 3.05) is 5.75 Å². The lowest BCUT2D eigenvalue weighted by Crippen LogP contribution is -2.36. The van der Waals surface area contributed by atoms with Gasteiger partial charge in [-0.15, -0.1) is 11.8 Å². The first-order chi connectivity index (χ1) is 6.99. The standard InChI is InChI=1S/C11H13F2NS/c1-11(2)6-15-10(14-11)9-7(12)4-3-5-8(9)13/h3-5,10,14H,6H2,1-2H3. The lowest BCUT2D eigenvalue weighted by molar-refractivity contribution is 0.435. The van der Waals surface area contributed by atoms with E-state index in [0.29, 0.717) is 0 Å². The fourth-order valence-electron chi connectivity index (χ4n) is 1.65. The Labute approximate surface area is 92.3 Å². The number of thioether (sulfide) groups is 1. The molecule has 4 heteroatoms. The Kier molecular flexibility index (Phi) is 2.73. The summed E-state index contributed by atoms with van der Waals surface area (Å²) < 4.78 is 26.9. The maximum Gasteiger partial charge on any atom is 0.131 e. The maximum absolute atomic E-state index is 13.5. The van der Waals surface area contributed by atoms with Gasteiger partial charge in [-0.05, 0) is 26.0 Å². The molecular weight excluding hydrogens is 216 g/mol. The topological polar surface area (TPSA) is 12.0 Å². The summed E-state index contributed by atoms with van der Waals surface area (Å²) in [6, 6.07) is 3.98. The van der Waals surface area contributed by atoms with Gasteiger partial charge in [-0.25, -0.2) is 8.78 Å². The number of halogens is 2. The van der Waals surface area contributed by atoms with E-state index < -0.39 is 11.6 Å². The van der Waals surface area contributed by atoms with Crippen LogP contribution in [-0.4, -0.2) is 11.3 Å². The average molecular weight is 229 g/mol. The molecule has 1 saturated heterocycles. The Bertz CT molecular complexity index is 359. The summed E-state index contributed by atoms with van der Waals surface area (Å²) in [7, 11) is 0. The van der Waals surface area contributed by atoms with Gasteiger partial charge in [0.2, 0.25) is 0 Å². The van der Waals surface area contributed by atoms with Gasteiger partial charge in [0.25, 0.3) is 0 Å². The summed E-state index contributed by atoms with van der Waals surface area (Å²) in [6.07, 6.45) is 0. The van der Waals surface area contributed by atoms with Gasteiger partial charge in [-0.2, -0.15) is 0 Å². The lowest BCUT2D eigenvalue weighted by atomic mass is 10.1. The number of nitrogens with one attached hydrogen (secondary N) is 1. The Morgan fingerprint density at radius 1 is 1.33 bits per heavy atom. The van der Waals surface area contributed by atoms with Gasteiger partial charge in [0.05, 0.1) is 10.9 Å². The van der Waals surface area contributed by atoms with Gasteiger partial charge in [-0.1, -0.05) is 6.07 Å². The Balaban J connectivity index is 2.31. The molecule has 1 unspecified atom stereocenters. The molecule has 1 aromatic rings. The van der Waals surface area contributed by atoms with Crippen LogP contribution in [0.1, 0.15) is 24.8 Å². The summed E-state index contributed by atoms with van der Waals surface area (Å²) in [5.74, 6) is -0.0961. The molecule has 0 bridgehead atoms. The molecule has 0 spiro atoms. The van der Waals surface area contributed by atoms with Crippen LogP contribution in [0.25, 0.3) is 0 Å². The van der Waals surface area contributed by atoms with E-state index in [4.69, 9.17) is 0 Å². The molecule has 1 aliphatic heterocycles. The molecule has 82 valence electrons. The minimum Gasteiger partial charge on any atom is -0.296 e. The first-order valence-electron chi connectivity index (χ1n) is 4.83. The van der Waals surface area contributed by atoms with E-state index in [-0.39, 0.29) is 16.5 Å². The molecule has 1 heterocycles. The van der Waals surface area contributed by atoms with E-state index in [0.717, 1.165) is 5.75 Å². The van der Waals surface area contributed by atoms with E-state index in [1.807, 2.05) is 13.8 Å². The van der Waals surface area contributed by atoms with Crippen molar-refractivity contribution in [1.82, 2.24) is 5.32 Å². The summed E-state index contributed by atoms with van der Waals surface area (Å²) in [4.78, 5) is 0. The maximum atomic E-state index is 13.5. The van der Waals surface area contributed by atoms with Crippen molar-refractivity contribution in [3.63, 3.8) is 0 Å². The number of benzene rings is 1. The van der Waals surface area contributed by atoms with Crippen molar-refractivity contribution >= 4 is 11.8 Å². The molecule has 1 N–H and O–H groups in total. The van der Waals surface area contributed by atoms with Crippen molar-refractivity contribution in [3.05, 3.63) is 35.4 Å². The van der Waals surface area contributed by atoms with Crippen LogP contribution >= 0.6 is 11.8 Å². The van der Waals surface area contributed by atoms with Crippen molar-refractivity contribution in [2.24, 2.45) is 0 Å². The zero-order chi connectivity index (χ0) is 11.1. The third-order valence-electron chi connectivity index (χ3n) is 2.39. The molecule has 1 nitrogen and oxygen atoms in total. The fraction of sp³-hybridized carbons (Fsp3) is 0.455. The van der Waals surface area contributed by atoms with Crippen molar-refractivity contribution in [3.8, 4) is 0 Å². The predicted molar refractivity (Wildman–Crippen MR) is 58.8 cm³/mol. The SMILES string of the molecule is CC1(C)CSC(c2c(F)cccc2F)N1. The zero-order valence-electron chi connectivity index (χ0n) is 8.68. The second-order valence-corrected chi connectivity index (χ2v) is 5.45. The monoisotopic (exact) mass is 229 g/mol. The summed E-state index contributed by atoms with van der Waals surface area (Å²) in [5.41, 5.74) is 0.0809. The molecule has 0 radical (unpaired) electrons. The van der Waals surface area contributed by atoms with E-state index >= 15 is 0 Å². The number of hydrogen-bond donors (Lipinski definition) is 1. The molecule has 0 amide bonds. The first kappa shape index (κ1) is 10.9. The molecule has 1 atom stereocenters. The van der Waals surface area contributed by atoms with Gasteiger partial charge in [0.15, 0.2) is 0 Å². The highest BCUT2D eigenvalue weighted by molar-refractivity contribution is 7.99. The largest absolute Gasteiger partial charge is 0.296 e. The van der Waals surface area contributed by atoms with Crippen molar-refractivity contribution in [2.45, 2.75) is 24.8 Å². The van der Waals surface area contributed by atoms with E-state index in [9.17, 15) is 8.78 Å². The molecule has 1 aromatic carbocycles. The van der Waals surface area contributed by atoms with Crippen LogP contribution in [0.3, 0.4) is 0 Å². The zero-order valence-corrected chi connectivity index (χ0v) is 9.50.